The van der Waals surface area contributed by atoms with Gasteiger partial charge in [-0.1, -0.05) is 59.6 Å². The summed E-state index contributed by atoms with van der Waals surface area (Å²) in [5.74, 6) is -0.872. The molecule has 0 aromatic rings. The maximum Gasteiger partial charge on any atom is 0.308 e. The number of halogens is 2. The van der Waals surface area contributed by atoms with E-state index >= 15 is 0 Å². The van der Waals surface area contributed by atoms with Crippen LogP contribution >= 0.6 is 31.9 Å². The molecule has 0 aliphatic carbocycles. The maximum atomic E-state index is 11.3. The Morgan fingerprint density at radius 2 is 1.11 bits per heavy atom. The molecule has 0 heterocycles. The summed E-state index contributed by atoms with van der Waals surface area (Å²) in [6, 6.07) is 0. The molecule has 0 aliphatic rings. The van der Waals surface area contributed by atoms with Crippen molar-refractivity contribution in [1.29, 1.82) is 0 Å². The summed E-state index contributed by atoms with van der Waals surface area (Å²) in [6.07, 6.45) is 0. The molecule has 6 heteroatoms. The van der Waals surface area contributed by atoms with Gasteiger partial charge in [-0.05, 0) is 0 Å². The number of carbonyl (C=O) groups excluding carboxylic acids is 2. The average Bonchev–Trinajstić information content (AvgIpc) is 2.31. The van der Waals surface area contributed by atoms with Crippen molar-refractivity contribution in [3.05, 3.63) is 8.96 Å². The van der Waals surface area contributed by atoms with E-state index < -0.39 is 0 Å². The molecule has 4 nitrogen and oxygen atoms in total. The zero-order chi connectivity index (χ0) is 14.3. The number of ether oxygens (including phenoxy) is 2. The smallest absolute Gasteiger partial charge is 0.308 e. The topological polar surface area (TPSA) is 52.6 Å². The second-order valence-corrected chi connectivity index (χ2v) is 6.25. The predicted molar refractivity (Wildman–Crippen MR) is 76.5 cm³/mol. The van der Waals surface area contributed by atoms with E-state index in [1.54, 1.807) is 27.7 Å². The van der Waals surface area contributed by atoms with Crippen LogP contribution < -0.4 is 0 Å². The molecular formula is C12H18Br2O4. The van der Waals surface area contributed by atoms with Crippen molar-refractivity contribution in [2.75, 3.05) is 13.2 Å². The Morgan fingerprint density at radius 3 is 1.33 bits per heavy atom. The first-order valence-corrected chi connectivity index (χ1v) is 7.20. The second kappa shape index (κ2) is 8.69. The molecule has 0 bridgehead atoms. The van der Waals surface area contributed by atoms with Crippen LogP contribution in [-0.2, 0) is 19.1 Å². The lowest BCUT2D eigenvalue weighted by molar-refractivity contribution is -0.147. The Hall–Kier alpha value is -0.360. The Balaban J connectivity index is 4.19. The van der Waals surface area contributed by atoms with Crippen LogP contribution in [0.15, 0.2) is 8.96 Å². The van der Waals surface area contributed by atoms with Gasteiger partial charge in [0.1, 0.15) is 13.2 Å². The van der Waals surface area contributed by atoms with Crippen LogP contribution in [0.25, 0.3) is 0 Å². The molecule has 0 unspecified atom stereocenters. The summed E-state index contributed by atoms with van der Waals surface area (Å²) in [5.41, 5.74) is 0. The Kier molecular flexibility index (Phi) is 8.52. The van der Waals surface area contributed by atoms with Crippen molar-refractivity contribution in [3.63, 3.8) is 0 Å². The van der Waals surface area contributed by atoms with Gasteiger partial charge in [-0.2, -0.15) is 0 Å². The van der Waals surface area contributed by atoms with Gasteiger partial charge in [0.05, 0.1) is 11.8 Å². The van der Waals surface area contributed by atoms with E-state index in [9.17, 15) is 9.59 Å². The third-order valence-electron chi connectivity index (χ3n) is 1.92. The van der Waals surface area contributed by atoms with Gasteiger partial charge in [-0.25, -0.2) is 0 Å². The fourth-order valence-corrected chi connectivity index (χ4v) is 1.22. The zero-order valence-electron chi connectivity index (χ0n) is 11.0. The number of hydrogen-bond acceptors (Lipinski definition) is 4. The fourth-order valence-electron chi connectivity index (χ4n) is 0.759. The van der Waals surface area contributed by atoms with Crippen LogP contribution in [0.1, 0.15) is 27.7 Å². The number of esters is 2. The van der Waals surface area contributed by atoms with Gasteiger partial charge >= 0.3 is 11.9 Å². The van der Waals surface area contributed by atoms with Crippen LogP contribution in [0, 0.1) is 11.8 Å². The normalized spacial score (nSPS) is 12.4. The first kappa shape index (κ1) is 17.6. The van der Waals surface area contributed by atoms with Crippen molar-refractivity contribution in [1.82, 2.24) is 0 Å². The molecule has 0 N–H and O–H groups in total. The number of rotatable bonds is 6. The van der Waals surface area contributed by atoms with Gasteiger partial charge in [-0.3, -0.25) is 9.59 Å². The van der Waals surface area contributed by atoms with Crippen molar-refractivity contribution < 1.29 is 19.1 Å². The van der Waals surface area contributed by atoms with Crippen molar-refractivity contribution >= 4 is 43.8 Å². The minimum atomic E-state index is -0.272. The molecule has 0 aliphatic heterocycles. The molecule has 18 heavy (non-hydrogen) atoms. The van der Waals surface area contributed by atoms with Crippen molar-refractivity contribution in [2.45, 2.75) is 27.7 Å². The minimum absolute atomic E-state index is 0.122. The van der Waals surface area contributed by atoms with Gasteiger partial charge in [0.25, 0.3) is 0 Å². The maximum absolute atomic E-state index is 11.3. The van der Waals surface area contributed by atoms with E-state index in [1.807, 2.05) is 0 Å². The lowest BCUT2D eigenvalue weighted by atomic mass is 10.2. The molecule has 0 aromatic carbocycles. The predicted octanol–water partition coefficient (Wildman–Crippen LogP) is 3.39. The SMILES string of the molecule is CC(C)C(=O)OCC(Br)=C(Br)COC(=O)C(C)C. The van der Waals surface area contributed by atoms with Crippen LogP contribution in [-0.4, -0.2) is 25.2 Å². The first-order chi connectivity index (χ1) is 8.25. The molecule has 0 saturated carbocycles. The third kappa shape index (κ3) is 7.16. The van der Waals surface area contributed by atoms with Gasteiger partial charge in [0.2, 0.25) is 0 Å². The summed E-state index contributed by atoms with van der Waals surface area (Å²) in [4.78, 5) is 22.5. The highest BCUT2D eigenvalue weighted by Gasteiger charge is 2.12. The largest absolute Gasteiger partial charge is 0.460 e. The van der Waals surface area contributed by atoms with Crippen molar-refractivity contribution in [2.24, 2.45) is 11.8 Å². The summed E-state index contributed by atoms with van der Waals surface area (Å²) in [5, 5.41) is 0. The summed E-state index contributed by atoms with van der Waals surface area (Å²) in [7, 11) is 0. The Bertz CT molecular complexity index is 303. The molecule has 0 radical (unpaired) electrons. The van der Waals surface area contributed by atoms with Crippen LogP contribution in [0.2, 0.25) is 0 Å². The summed E-state index contributed by atoms with van der Waals surface area (Å²) < 4.78 is 11.3. The monoisotopic (exact) mass is 384 g/mol. The Labute approximate surface area is 124 Å². The van der Waals surface area contributed by atoms with Gasteiger partial charge in [0.15, 0.2) is 0 Å². The van der Waals surface area contributed by atoms with Crippen LogP contribution in [0.5, 0.6) is 0 Å². The van der Waals surface area contributed by atoms with E-state index in [4.69, 9.17) is 9.47 Å². The molecule has 104 valence electrons. The summed E-state index contributed by atoms with van der Waals surface area (Å²) in [6.45, 7) is 7.30. The highest BCUT2D eigenvalue weighted by Crippen LogP contribution is 2.19. The van der Waals surface area contributed by atoms with E-state index in [1.165, 1.54) is 0 Å². The lowest BCUT2D eigenvalue weighted by Gasteiger charge is -2.10. The van der Waals surface area contributed by atoms with Crippen LogP contribution in [0.3, 0.4) is 0 Å². The molecule has 0 atom stereocenters. The first-order valence-electron chi connectivity index (χ1n) is 5.62. The van der Waals surface area contributed by atoms with Gasteiger partial charge < -0.3 is 9.47 Å². The lowest BCUT2D eigenvalue weighted by Crippen LogP contribution is -2.14. The minimum Gasteiger partial charge on any atom is -0.460 e. The number of hydrogen-bond donors (Lipinski definition) is 0. The molecule has 0 saturated heterocycles. The summed E-state index contributed by atoms with van der Waals surface area (Å²) >= 11 is 6.54. The molecule has 0 fully saturated rings. The molecular weight excluding hydrogens is 368 g/mol. The van der Waals surface area contributed by atoms with E-state index in [2.05, 4.69) is 31.9 Å². The zero-order valence-corrected chi connectivity index (χ0v) is 14.1. The third-order valence-corrected chi connectivity index (χ3v) is 3.87. The van der Waals surface area contributed by atoms with Gasteiger partial charge in [0, 0.05) is 8.96 Å². The van der Waals surface area contributed by atoms with E-state index in [-0.39, 0.29) is 37.0 Å². The average molecular weight is 386 g/mol. The highest BCUT2D eigenvalue weighted by atomic mass is 79.9. The molecule has 0 aromatic heterocycles. The molecule has 0 amide bonds. The van der Waals surface area contributed by atoms with Crippen LogP contribution in [0.4, 0.5) is 0 Å². The fraction of sp³-hybridized carbons (Fsp3) is 0.667. The van der Waals surface area contributed by atoms with E-state index in [0.717, 1.165) is 0 Å². The van der Waals surface area contributed by atoms with Gasteiger partial charge in [-0.15, -0.1) is 0 Å². The Morgan fingerprint density at radius 1 is 0.833 bits per heavy atom. The van der Waals surface area contributed by atoms with Crippen molar-refractivity contribution in [3.8, 4) is 0 Å². The standard InChI is InChI=1S/C12H18Br2O4/c1-7(2)11(15)17-5-9(13)10(14)6-18-12(16)8(3)4/h7-8H,5-6H2,1-4H3. The van der Waals surface area contributed by atoms with E-state index in [0.29, 0.717) is 8.96 Å². The quantitative estimate of drug-likeness (QED) is 0.657. The molecule has 0 spiro atoms. The highest BCUT2D eigenvalue weighted by molar-refractivity contribution is 9.14. The second-order valence-electron chi connectivity index (χ2n) is 4.33. The number of carbonyl (C=O) groups is 2. The molecule has 0 rings (SSSR count).